The highest BCUT2D eigenvalue weighted by atomic mass is 32.2. The van der Waals surface area contributed by atoms with Crippen LogP contribution in [0.25, 0.3) is 0 Å². The van der Waals surface area contributed by atoms with Gasteiger partial charge < -0.3 is 5.32 Å². The van der Waals surface area contributed by atoms with Crippen molar-refractivity contribution in [2.75, 3.05) is 12.3 Å². The zero-order valence-electron chi connectivity index (χ0n) is 10.6. The second-order valence-electron chi connectivity index (χ2n) is 4.76. The van der Waals surface area contributed by atoms with Crippen LogP contribution in [0, 0.1) is 5.92 Å². The van der Waals surface area contributed by atoms with Crippen molar-refractivity contribution in [2.24, 2.45) is 5.92 Å². The third-order valence-electron chi connectivity index (χ3n) is 3.54. The fourth-order valence-electron chi connectivity index (χ4n) is 2.49. The molecule has 0 aromatic rings. The maximum atomic E-state index is 3.59. The van der Waals surface area contributed by atoms with Gasteiger partial charge in [0.2, 0.25) is 0 Å². The van der Waals surface area contributed by atoms with Crippen LogP contribution in [0.4, 0.5) is 0 Å². The van der Waals surface area contributed by atoms with Gasteiger partial charge in [-0.2, -0.15) is 11.8 Å². The lowest BCUT2D eigenvalue weighted by Gasteiger charge is -2.24. The van der Waals surface area contributed by atoms with Crippen LogP contribution >= 0.6 is 11.8 Å². The van der Waals surface area contributed by atoms with Crippen LogP contribution in [0.15, 0.2) is 0 Å². The third kappa shape index (κ3) is 4.78. The van der Waals surface area contributed by atoms with Crippen LogP contribution < -0.4 is 5.32 Å². The first-order valence-electron chi connectivity index (χ1n) is 6.62. The normalized spacial score (nSPS) is 21.8. The van der Waals surface area contributed by atoms with Gasteiger partial charge in [0, 0.05) is 11.3 Å². The van der Waals surface area contributed by atoms with Crippen molar-refractivity contribution in [1.29, 1.82) is 0 Å². The number of hydrogen-bond acceptors (Lipinski definition) is 2. The summed E-state index contributed by atoms with van der Waals surface area (Å²) >= 11 is 2.18. The first-order chi connectivity index (χ1) is 7.27. The Kier molecular flexibility index (Phi) is 6.74. The van der Waals surface area contributed by atoms with E-state index in [1.54, 1.807) is 0 Å². The standard InChI is InChI=1S/C13H27NS/c1-4-13(14-5-2)11(3)15-10-12-8-6-7-9-12/h11-14H,4-10H2,1-3H3. The van der Waals surface area contributed by atoms with Crippen LogP contribution in [0.5, 0.6) is 0 Å². The molecular weight excluding hydrogens is 202 g/mol. The van der Waals surface area contributed by atoms with Gasteiger partial charge in [0.15, 0.2) is 0 Å². The molecule has 0 radical (unpaired) electrons. The van der Waals surface area contributed by atoms with E-state index in [1.807, 2.05) is 0 Å². The minimum Gasteiger partial charge on any atom is -0.313 e. The van der Waals surface area contributed by atoms with Crippen molar-refractivity contribution in [3.05, 3.63) is 0 Å². The molecule has 1 nitrogen and oxygen atoms in total. The SMILES string of the molecule is CCNC(CC)C(C)SCC1CCCC1. The maximum Gasteiger partial charge on any atom is 0.0181 e. The van der Waals surface area contributed by atoms with Crippen molar-refractivity contribution >= 4 is 11.8 Å². The molecule has 0 amide bonds. The molecule has 0 spiro atoms. The van der Waals surface area contributed by atoms with Crippen LogP contribution in [0.3, 0.4) is 0 Å². The summed E-state index contributed by atoms with van der Waals surface area (Å²) in [6.07, 6.45) is 7.18. The molecule has 0 heterocycles. The molecular formula is C13H27NS. The highest BCUT2D eigenvalue weighted by Gasteiger charge is 2.19. The molecule has 15 heavy (non-hydrogen) atoms. The highest BCUT2D eigenvalue weighted by Crippen LogP contribution is 2.30. The van der Waals surface area contributed by atoms with Crippen LogP contribution in [-0.4, -0.2) is 23.6 Å². The molecule has 1 aliphatic rings. The average molecular weight is 229 g/mol. The predicted octanol–water partition coefficient (Wildman–Crippen LogP) is 3.69. The molecule has 90 valence electrons. The first-order valence-corrected chi connectivity index (χ1v) is 7.67. The first kappa shape index (κ1) is 13.4. The Morgan fingerprint density at radius 2 is 1.93 bits per heavy atom. The zero-order chi connectivity index (χ0) is 11.1. The molecule has 2 atom stereocenters. The Bertz CT molecular complexity index is 155. The third-order valence-corrected chi connectivity index (χ3v) is 5.06. The Labute approximate surface area is 99.8 Å². The summed E-state index contributed by atoms with van der Waals surface area (Å²) in [7, 11) is 0. The lowest BCUT2D eigenvalue weighted by molar-refractivity contribution is 0.507. The summed E-state index contributed by atoms with van der Waals surface area (Å²) in [6, 6.07) is 0.710. The Morgan fingerprint density at radius 1 is 1.27 bits per heavy atom. The fraction of sp³-hybridized carbons (Fsp3) is 1.00. The van der Waals surface area contributed by atoms with E-state index in [4.69, 9.17) is 0 Å². The summed E-state index contributed by atoms with van der Waals surface area (Å²) in [5.41, 5.74) is 0. The van der Waals surface area contributed by atoms with E-state index in [0.29, 0.717) is 6.04 Å². The van der Waals surface area contributed by atoms with E-state index < -0.39 is 0 Å². The van der Waals surface area contributed by atoms with Gasteiger partial charge in [0.05, 0.1) is 0 Å². The summed E-state index contributed by atoms with van der Waals surface area (Å²) in [5.74, 6) is 2.42. The topological polar surface area (TPSA) is 12.0 Å². The van der Waals surface area contributed by atoms with Crippen LogP contribution in [0.2, 0.25) is 0 Å². The summed E-state index contributed by atoms with van der Waals surface area (Å²) in [6.45, 7) is 7.99. The molecule has 2 unspecified atom stereocenters. The molecule has 1 fully saturated rings. The Morgan fingerprint density at radius 3 is 2.47 bits per heavy atom. The number of nitrogens with one attached hydrogen (secondary N) is 1. The largest absolute Gasteiger partial charge is 0.313 e. The second-order valence-corrected chi connectivity index (χ2v) is 6.17. The molecule has 1 N–H and O–H groups in total. The van der Waals surface area contributed by atoms with Gasteiger partial charge in [0.1, 0.15) is 0 Å². The van der Waals surface area contributed by atoms with E-state index in [9.17, 15) is 0 Å². The number of thioether (sulfide) groups is 1. The zero-order valence-corrected chi connectivity index (χ0v) is 11.4. The van der Waals surface area contributed by atoms with Crippen LogP contribution in [-0.2, 0) is 0 Å². The lowest BCUT2D eigenvalue weighted by atomic mass is 10.1. The lowest BCUT2D eigenvalue weighted by Crippen LogP contribution is -2.36. The van der Waals surface area contributed by atoms with Crippen molar-refractivity contribution in [2.45, 2.75) is 64.2 Å². The fourth-order valence-corrected chi connectivity index (χ4v) is 3.92. The molecule has 0 saturated heterocycles. The Hall–Kier alpha value is 0.310. The van der Waals surface area contributed by atoms with Crippen molar-refractivity contribution in [3.8, 4) is 0 Å². The second kappa shape index (κ2) is 7.56. The van der Waals surface area contributed by atoms with E-state index in [0.717, 1.165) is 17.7 Å². The molecule has 1 rings (SSSR count). The predicted molar refractivity (Wildman–Crippen MR) is 71.6 cm³/mol. The molecule has 0 aromatic heterocycles. The molecule has 0 aromatic carbocycles. The summed E-state index contributed by atoms with van der Waals surface area (Å²) in [5, 5.41) is 4.36. The highest BCUT2D eigenvalue weighted by molar-refractivity contribution is 7.99. The van der Waals surface area contributed by atoms with E-state index >= 15 is 0 Å². The van der Waals surface area contributed by atoms with E-state index in [2.05, 4.69) is 37.8 Å². The van der Waals surface area contributed by atoms with Gasteiger partial charge in [-0.25, -0.2) is 0 Å². The molecule has 1 aliphatic carbocycles. The minimum absolute atomic E-state index is 0.710. The van der Waals surface area contributed by atoms with Crippen molar-refractivity contribution in [3.63, 3.8) is 0 Å². The molecule has 1 saturated carbocycles. The average Bonchev–Trinajstić information content (AvgIpc) is 2.75. The van der Waals surface area contributed by atoms with Crippen molar-refractivity contribution in [1.82, 2.24) is 5.32 Å². The number of rotatable bonds is 7. The Balaban J connectivity index is 2.17. The van der Waals surface area contributed by atoms with Gasteiger partial charge >= 0.3 is 0 Å². The molecule has 0 aliphatic heterocycles. The maximum absolute atomic E-state index is 3.59. The smallest absolute Gasteiger partial charge is 0.0181 e. The van der Waals surface area contributed by atoms with Crippen LogP contribution in [0.1, 0.15) is 52.9 Å². The van der Waals surface area contributed by atoms with Gasteiger partial charge in [0.25, 0.3) is 0 Å². The van der Waals surface area contributed by atoms with Gasteiger partial charge in [-0.3, -0.25) is 0 Å². The summed E-state index contributed by atoms with van der Waals surface area (Å²) < 4.78 is 0. The van der Waals surface area contributed by atoms with Crippen molar-refractivity contribution < 1.29 is 0 Å². The number of hydrogen-bond donors (Lipinski definition) is 1. The minimum atomic E-state index is 0.710. The monoisotopic (exact) mass is 229 g/mol. The van der Waals surface area contributed by atoms with Gasteiger partial charge in [-0.1, -0.05) is 33.6 Å². The molecule has 2 heteroatoms. The van der Waals surface area contributed by atoms with E-state index in [1.165, 1.54) is 37.9 Å². The summed E-state index contributed by atoms with van der Waals surface area (Å²) in [4.78, 5) is 0. The quantitative estimate of drug-likeness (QED) is 0.714. The van der Waals surface area contributed by atoms with E-state index in [-0.39, 0.29) is 0 Å². The van der Waals surface area contributed by atoms with Gasteiger partial charge in [-0.15, -0.1) is 0 Å². The van der Waals surface area contributed by atoms with Gasteiger partial charge in [-0.05, 0) is 37.5 Å². The molecule has 0 bridgehead atoms.